The van der Waals surface area contributed by atoms with Gasteiger partial charge in [-0.3, -0.25) is 4.90 Å². The number of hydrogen-bond donors (Lipinski definition) is 0. The summed E-state index contributed by atoms with van der Waals surface area (Å²) < 4.78 is 10.4. The molecule has 1 atom stereocenters. The zero-order valence-corrected chi connectivity index (χ0v) is 15.1. The summed E-state index contributed by atoms with van der Waals surface area (Å²) in [6.07, 6.45) is -1.38. The fourth-order valence-electron chi connectivity index (χ4n) is 2.50. The maximum atomic E-state index is 12.2. The van der Waals surface area contributed by atoms with E-state index in [1.165, 1.54) is 4.90 Å². The molecule has 1 aromatic rings. The van der Waals surface area contributed by atoms with Crippen molar-refractivity contribution in [3.8, 4) is 0 Å². The number of carboxylic acids is 1. The minimum Gasteiger partial charge on any atom is -0.548 e. The summed E-state index contributed by atoms with van der Waals surface area (Å²) in [6.45, 7) is 5.12. The van der Waals surface area contributed by atoms with E-state index < -0.39 is 29.8 Å². The Kier molecular flexibility index (Phi) is 6.07. The largest absolute Gasteiger partial charge is 0.548 e. The Balaban J connectivity index is 1.96. The van der Waals surface area contributed by atoms with E-state index in [4.69, 9.17) is 9.47 Å². The molecule has 1 saturated heterocycles. The highest BCUT2D eigenvalue weighted by Crippen LogP contribution is 2.16. The summed E-state index contributed by atoms with van der Waals surface area (Å²) in [6, 6.07) is 7.85. The number of hydrogen-bond acceptors (Lipinski definition) is 6. The van der Waals surface area contributed by atoms with Gasteiger partial charge in [-0.2, -0.15) is 0 Å². The van der Waals surface area contributed by atoms with Crippen molar-refractivity contribution in [2.24, 2.45) is 0 Å². The van der Waals surface area contributed by atoms with Gasteiger partial charge in [-0.05, 0) is 26.3 Å². The highest BCUT2D eigenvalue weighted by atomic mass is 16.6. The van der Waals surface area contributed by atoms with Gasteiger partial charge in [0.2, 0.25) is 0 Å². The second-order valence-corrected chi connectivity index (χ2v) is 6.99. The molecule has 142 valence electrons. The number of nitrogens with zero attached hydrogens (tertiary/aromatic N) is 2. The van der Waals surface area contributed by atoms with Crippen molar-refractivity contribution in [3.63, 3.8) is 0 Å². The van der Waals surface area contributed by atoms with E-state index in [9.17, 15) is 19.5 Å². The summed E-state index contributed by atoms with van der Waals surface area (Å²) in [5.41, 5.74) is 0.0731. The summed E-state index contributed by atoms with van der Waals surface area (Å²) in [5.74, 6) is -1.45. The molecule has 0 aliphatic carbocycles. The van der Waals surface area contributed by atoms with E-state index >= 15 is 0 Å². The normalized spacial score (nSPS) is 17.6. The van der Waals surface area contributed by atoms with Gasteiger partial charge in [0.1, 0.15) is 12.2 Å². The Bertz CT molecular complexity index is 655. The molecule has 0 radical (unpaired) electrons. The SMILES string of the molecule is CC(C)(C)OC(=O)N1CCN(C(=O)OCc2ccccc2)C[C@H]1C(=O)[O-]. The first kappa shape index (κ1) is 19.6. The van der Waals surface area contributed by atoms with Crippen molar-refractivity contribution in [3.05, 3.63) is 35.9 Å². The van der Waals surface area contributed by atoms with Gasteiger partial charge in [0.15, 0.2) is 0 Å². The van der Waals surface area contributed by atoms with Crippen LogP contribution in [0.5, 0.6) is 0 Å². The van der Waals surface area contributed by atoms with Crippen molar-refractivity contribution in [1.29, 1.82) is 0 Å². The van der Waals surface area contributed by atoms with Gasteiger partial charge in [0.05, 0.1) is 18.6 Å². The van der Waals surface area contributed by atoms with Gasteiger partial charge in [-0.15, -0.1) is 0 Å². The zero-order valence-electron chi connectivity index (χ0n) is 15.1. The smallest absolute Gasteiger partial charge is 0.410 e. The second-order valence-electron chi connectivity index (χ2n) is 6.99. The third-order valence-corrected chi connectivity index (χ3v) is 3.74. The molecule has 1 aliphatic rings. The van der Waals surface area contributed by atoms with Crippen LogP contribution in [0, 0.1) is 0 Å². The van der Waals surface area contributed by atoms with E-state index in [1.54, 1.807) is 20.8 Å². The van der Waals surface area contributed by atoms with E-state index in [-0.39, 0.29) is 26.2 Å². The van der Waals surface area contributed by atoms with Gasteiger partial charge in [0.25, 0.3) is 0 Å². The number of aliphatic carboxylic acids is 1. The van der Waals surface area contributed by atoms with Gasteiger partial charge in [-0.25, -0.2) is 9.59 Å². The molecule has 0 unspecified atom stereocenters. The minimum absolute atomic E-state index is 0.0218. The molecule has 2 rings (SSSR count). The zero-order chi connectivity index (χ0) is 19.3. The van der Waals surface area contributed by atoms with Crippen molar-refractivity contribution >= 4 is 18.2 Å². The fraction of sp³-hybridized carbons (Fsp3) is 0.500. The van der Waals surface area contributed by atoms with Crippen molar-refractivity contribution in [2.45, 2.75) is 39.0 Å². The van der Waals surface area contributed by atoms with Crippen LogP contribution < -0.4 is 5.11 Å². The maximum Gasteiger partial charge on any atom is 0.410 e. The van der Waals surface area contributed by atoms with Gasteiger partial charge >= 0.3 is 12.2 Å². The molecule has 0 spiro atoms. The van der Waals surface area contributed by atoms with Gasteiger partial charge in [-0.1, -0.05) is 30.3 Å². The van der Waals surface area contributed by atoms with E-state index in [2.05, 4.69) is 0 Å². The molecular weight excluding hydrogens is 340 g/mol. The molecule has 0 N–H and O–H groups in total. The lowest BCUT2D eigenvalue weighted by Gasteiger charge is -2.41. The molecule has 26 heavy (non-hydrogen) atoms. The fourth-order valence-corrected chi connectivity index (χ4v) is 2.50. The predicted octanol–water partition coefficient (Wildman–Crippen LogP) is 0.994. The van der Waals surface area contributed by atoms with Crippen LogP contribution in [-0.2, 0) is 20.9 Å². The summed E-state index contributed by atoms with van der Waals surface area (Å²) >= 11 is 0. The third-order valence-electron chi connectivity index (χ3n) is 3.74. The maximum absolute atomic E-state index is 12.2. The lowest BCUT2D eigenvalue weighted by molar-refractivity contribution is -0.312. The highest BCUT2D eigenvalue weighted by Gasteiger charge is 2.36. The number of rotatable bonds is 3. The topological polar surface area (TPSA) is 99.2 Å². The molecule has 1 aliphatic heterocycles. The molecule has 1 heterocycles. The number of carbonyl (C=O) groups is 3. The summed E-state index contributed by atoms with van der Waals surface area (Å²) in [4.78, 5) is 38.2. The van der Waals surface area contributed by atoms with Crippen LogP contribution in [-0.4, -0.2) is 59.2 Å². The molecule has 2 amide bonds. The van der Waals surface area contributed by atoms with E-state index in [1.807, 2.05) is 30.3 Å². The standard InChI is InChI=1S/C18H24N2O6/c1-18(2,3)26-17(24)20-10-9-19(11-14(20)15(21)22)16(23)25-12-13-7-5-4-6-8-13/h4-8,14H,9-12H2,1-3H3,(H,21,22)/p-1/t14-/m0/s1. The number of piperazine rings is 1. The molecule has 0 saturated carbocycles. The molecule has 1 fully saturated rings. The van der Waals surface area contributed by atoms with Crippen LogP contribution in [0.4, 0.5) is 9.59 Å². The average molecular weight is 363 g/mol. The number of amides is 2. The minimum atomic E-state index is -1.45. The lowest BCUT2D eigenvalue weighted by atomic mass is 10.1. The second kappa shape index (κ2) is 8.07. The Morgan fingerprint density at radius 1 is 1.12 bits per heavy atom. The number of benzene rings is 1. The van der Waals surface area contributed by atoms with Gasteiger partial charge < -0.3 is 24.3 Å². The van der Waals surface area contributed by atoms with Crippen molar-refractivity contribution in [2.75, 3.05) is 19.6 Å². The predicted molar refractivity (Wildman–Crippen MR) is 89.9 cm³/mol. The Morgan fingerprint density at radius 2 is 1.77 bits per heavy atom. The first-order chi connectivity index (χ1) is 12.2. The van der Waals surface area contributed by atoms with Crippen molar-refractivity contribution in [1.82, 2.24) is 9.80 Å². The van der Waals surface area contributed by atoms with Crippen LogP contribution in [0.2, 0.25) is 0 Å². The van der Waals surface area contributed by atoms with Crippen LogP contribution in [0.15, 0.2) is 30.3 Å². The Hall–Kier alpha value is -2.77. The molecule has 8 heteroatoms. The average Bonchev–Trinajstić information content (AvgIpc) is 2.58. The van der Waals surface area contributed by atoms with Crippen LogP contribution >= 0.6 is 0 Å². The molecule has 0 aromatic heterocycles. The lowest BCUT2D eigenvalue weighted by Crippen LogP contribution is -2.62. The molecule has 1 aromatic carbocycles. The van der Waals surface area contributed by atoms with Crippen LogP contribution in [0.1, 0.15) is 26.3 Å². The molecule has 8 nitrogen and oxygen atoms in total. The number of carbonyl (C=O) groups excluding carboxylic acids is 3. The first-order valence-corrected chi connectivity index (χ1v) is 8.33. The highest BCUT2D eigenvalue weighted by molar-refractivity contribution is 5.80. The number of carboxylic acid groups (broad SMARTS) is 1. The Morgan fingerprint density at radius 3 is 2.35 bits per heavy atom. The van der Waals surface area contributed by atoms with Crippen LogP contribution in [0.3, 0.4) is 0 Å². The Labute approximate surface area is 152 Å². The summed E-state index contributed by atoms with van der Waals surface area (Å²) in [7, 11) is 0. The number of ether oxygens (including phenoxy) is 2. The van der Waals surface area contributed by atoms with Crippen molar-refractivity contribution < 1.29 is 29.0 Å². The third kappa shape index (κ3) is 5.37. The monoisotopic (exact) mass is 363 g/mol. The van der Waals surface area contributed by atoms with E-state index in [0.717, 1.165) is 10.5 Å². The first-order valence-electron chi connectivity index (χ1n) is 8.33. The van der Waals surface area contributed by atoms with Gasteiger partial charge in [0, 0.05) is 13.1 Å². The molecule has 0 bridgehead atoms. The van der Waals surface area contributed by atoms with E-state index in [0.29, 0.717) is 0 Å². The summed E-state index contributed by atoms with van der Waals surface area (Å²) in [5, 5.41) is 11.4. The molecular formula is C18H23N2O6-. The quantitative estimate of drug-likeness (QED) is 0.794. The van der Waals surface area contributed by atoms with Crippen LogP contribution in [0.25, 0.3) is 0 Å².